The molecule has 0 atom stereocenters. The molecule has 0 bridgehead atoms. The average molecular weight is 194 g/mol. The molecule has 0 aliphatic rings. The van der Waals surface area contributed by atoms with Gasteiger partial charge in [0.2, 0.25) is 0 Å². The van der Waals surface area contributed by atoms with Gasteiger partial charge in [-0.25, -0.2) is 4.79 Å². The average Bonchev–Trinajstić information content (AvgIpc) is 2.21. The molecule has 0 amide bonds. The van der Waals surface area contributed by atoms with Crippen molar-refractivity contribution in [3.63, 3.8) is 0 Å². The first-order valence-electron chi connectivity index (χ1n) is 4.84. The van der Waals surface area contributed by atoms with Crippen molar-refractivity contribution in [2.45, 2.75) is 27.2 Å². The summed E-state index contributed by atoms with van der Waals surface area (Å²) >= 11 is 0. The molecular formula is C12H18O2. The fourth-order valence-electron chi connectivity index (χ4n) is 0.704. The van der Waals surface area contributed by atoms with E-state index in [1.54, 1.807) is 13.0 Å². The molecule has 78 valence electrons. The zero-order valence-electron chi connectivity index (χ0n) is 9.12. The van der Waals surface area contributed by atoms with Crippen molar-refractivity contribution in [3.05, 3.63) is 36.0 Å². The molecule has 0 unspecified atom stereocenters. The summed E-state index contributed by atoms with van der Waals surface area (Å²) in [6.45, 7) is 5.96. The van der Waals surface area contributed by atoms with Crippen LogP contribution in [0.25, 0.3) is 0 Å². The van der Waals surface area contributed by atoms with Crippen molar-refractivity contribution in [2.75, 3.05) is 6.61 Å². The van der Waals surface area contributed by atoms with Crippen molar-refractivity contribution in [3.8, 4) is 0 Å². The van der Waals surface area contributed by atoms with Crippen LogP contribution in [0.5, 0.6) is 0 Å². The van der Waals surface area contributed by atoms with Crippen LogP contribution in [-0.4, -0.2) is 12.6 Å². The second kappa shape index (κ2) is 8.30. The zero-order valence-corrected chi connectivity index (χ0v) is 9.12. The maximum atomic E-state index is 11.1. The maximum Gasteiger partial charge on any atom is 0.333 e. The Morgan fingerprint density at radius 1 is 1.29 bits per heavy atom. The Balaban J connectivity index is 3.69. The van der Waals surface area contributed by atoms with Gasteiger partial charge in [-0.15, -0.1) is 0 Å². The minimum absolute atomic E-state index is 0.253. The van der Waals surface area contributed by atoms with Gasteiger partial charge >= 0.3 is 5.97 Å². The van der Waals surface area contributed by atoms with Gasteiger partial charge in [-0.2, -0.15) is 0 Å². The predicted molar refractivity (Wildman–Crippen MR) is 59.0 cm³/mol. The molecule has 2 heteroatoms. The number of hydrogen-bond donors (Lipinski definition) is 0. The van der Waals surface area contributed by atoms with Gasteiger partial charge in [0, 0.05) is 5.57 Å². The second-order valence-corrected chi connectivity index (χ2v) is 2.83. The molecule has 0 aromatic carbocycles. The van der Waals surface area contributed by atoms with Gasteiger partial charge in [0.1, 0.15) is 6.61 Å². The molecule has 0 saturated heterocycles. The molecule has 0 saturated carbocycles. The number of hydrogen-bond acceptors (Lipinski definition) is 2. The summed E-state index contributed by atoms with van der Waals surface area (Å²) in [5.41, 5.74) is 0.641. The van der Waals surface area contributed by atoms with Gasteiger partial charge < -0.3 is 4.74 Å². The normalized spacial score (nSPS) is 12.6. The minimum atomic E-state index is -0.253. The van der Waals surface area contributed by atoms with E-state index in [-0.39, 0.29) is 5.97 Å². The smallest absolute Gasteiger partial charge is 0.333 e. The van der Waals surface area contributed by atoms with Crippen LogP contribution in [0.4, 0.5) is 0 Å². The fraction of sp³-hybridized carbons (Fsp3) is 0.417. The van der Waals surface area contributed by atoms with Crippen molar-refractivity contribution < 1.29 is 9.53 Å². The first-order valence-corrected chi connectivity index (χ1v) is 4.84. The van der Waals surface area contributed by atoms with Gasteiger partial charge in [0.05, 0.1) is 0 Å². The van der Waals surface area contributed by atoms with E-state index in [4.69, 9.17) is 4.74 Å². The largest absolute Gasteiger partial charge is 0.458 e. The maximum absolute atomic E-state index is 11.1. The highest BCUT2D eigenvalue weighted by molar-refractivity contribution is 5.87. The summed E-state index contributed by atoms with van der Waals surface area (Å²) in [4.78, 5) is 11.1. The lowest BCUT2D eigenvalue weighted by Crippen LogP contribution is -2.05. The van der Waals surface area contributed by atoms with Gasteiger partial charge in [0.15, 0.2) is 0 Å². The van der Waals surface area contributed by atoms with E-state index >= 15 is 0 Å². The summed E-state index contributed by atoms with van der Waals surface area (Å²) in [6.07, 6.45) is 10.4. The lowest BCUT2D eigenvalue weighted by Gasteiger charge is -1.99. The standard InChI is InChI=1S/C12H18O2/c1-4-6-7-8-9-10-14-12(13)11(3)5-2/h5-9H,4,10H2,1-3H3/b7-6+,9-8+,11-5-. The third-order valence-electron chi connectivity index (χ3n) is 1.68. The minimum Gasteiger partial charge on any atom is -0.458 e. The molecule has 0 rings (SSSR count). The Kier molecular flexibility index (Phi) is 7.52. The number of ether oxygens (including phenoxy) is 1. The third-order valence-corrected chi connectivity index (χ3v) is 1.68. The third kappa shape index (κ3) is 6.23. The van der Waals surface area contributed by atoms with Gasteiger partial charge in [0.25, 0.3) is 0 Å². The molecule has 14 heavy (non-hydrogen) atoms. The molecular weight excluding hydrogens is 176 g/mol. The quantitative estimate of drug-likeness (QED) is 0.382. The van der Waals surface area contributed by atoms with Crippen LogP contribution in [0.2, 0.25) is 0 Å². The first-order chi connectivity index (χ1) is 6.72. The van der Waals surface area contributed by atoms with Gasteiger partial charge in [-0.3, -0.25) is 0 Å². The topological polar surface area (TPSA) is 26.3 Å². The van der Waals surface area contributed by atoms with Crippen molar-refractivity contribution in [1.82, 2.24) is 0 Å². The van der Waals surface area contributed by atoms with Crippen molar-refractivity contribution in [2.24, 2.45) is 0 Å². The monoisotopic (exact) mass is 194 g/mol. The van der Waals surface area contributed by atoms with Crippen LogP contribution in [0.15, 0.2) is 36.0 Å². The number of carbonyl (C=O) groups is 1. The molecule has 0 radical (unpaired) electrons. The number of esters is 1. The highest BCUT2D eigenvalue weighted by atomic mass is 16.5. The summed E-state index contributed by atoms with van der Waals surface area (Å²) in [5.74, 6) is -0.253. The summed E-state index contributed by atoms with van der Waals surface area (Å²) in [6, 6.07) is 0. The lowest BCUT2D eigenvalue weighted by molar-refractivity contribution is -0.137. The Morgan fingerprint density at radius 3 is 2.50 bits per heavy atom. The Bertz CT molecular complexity index is 247. The van der Waals surface area contributed by atoms with E-state index in [1.165, 1.54) is 0 Å². The Morgan fingerprint density at radius 2 is 1.93 bits per heavy atom. The predicted octanol–water partition coefficient (Wildman–Crippen LogP) is 3.02. The van der Waals surface area contributed by atoms with Crippen LogP contribution in [0, 0.1) is 0 Å². The molecule has 0 aliphatic carbocycles. The molecule has 0 aromatic rings. The Labute approximate surface area is 86.0 Å². The van der Waals surface area contributed by atoms with Crippen molar-refractivity contribution >= 4 is 5.97 Å². The summed E-state index contributed by atoms with van der Waals surface area (Å²) in [7, 11) is 0. The van der Waals surface area contributed by atoms with Crippen molar-refractivity contribution in [1.29, 1.82) is 0 Å². The molecule has 0 N–H and O–H groups in total. The van der Waals surface area contributed by atoms with Gasteiger partial charge in [-0.05, 0) is 26.3 Å². The summed E-state index contributed by atoms with van der Waals surface area (Å²) < 4.78 is 4.95. The van der Waals surface area contributed by atoms with E-state index in [0.717, 1.165) is 6.42 Å². The molecule has 0 aromatic heterocycles. The van der Waals surface area contributed by atoms with Crippen LogP contribution in [0.3, 0.4) is 0 Å². The summed E-state index contributed by atoms with van der Waals surface area (Å²) in [5, 5.41) is 0. The number of rotatable bonds is 5. The molecule has 0 heterocycles. The van der Waals surface area contributed by atoms with E-state index in [1.807, 2.05) is 31.2 Å². The van der Waals surface area contributed by atoms with Crippen LogP contribution >= 0.6 is 0 Å². The van der Waals surface area contributed by atoms with E-state index in [0.29, 0.717) is 12.2 Å². The molecule has 0 fully saturated rings. The zero-order chi connectivity index (χ0) is 10.8. The second-order valence-electron chi connectivity index (χ2n) is 2.83. The van der Waals surface area contributed by atoms with Crippen LogP contribution in [0.1, 0.15) is 27.2 Å². The lowest BCUT2D eigenvalue weighted by atomic mass is 10.3. The van der Waals surface area contributed by atoms with Crippen LogP contribution < -0.4 is 0 Å². The van der Waals surface area contributed by atoms with Gasteiger partial charge in [-0.1, -0.05) is 31.2 Å². The fourth-order valence-corrected chi connectivity index (χ4v) is 0.704. The Hall–Kier alpha value is -1.31. The molecule has 0 aliphatic heterocycles. The molecule has 2 nitrogen and oxygen atoms in total. The van der Waals surface area contributed by atoms with Crippen LogP contribution in [-0.2, 0) is 9.53 Å². The SMILES string of the molecule is C/C=C(/C)C(=O)OC/C=C/C=C/CC. The molecule has 0 spiro atoms. The number of allylic oxidation sites excluding steroid dienone is 4. The van der Waals surface area contributed by atoms with E-state index in [2.05, 4.69) is 6.92 Å². The number of carbonyl (C=O) groups excluding carboxylic acids is 1. The highest BCUT2D eigenvalue weighted by Crippen LogP contribution is 1.95. The highest BCUT2D eigenvalue weighted by Gasteiger charge is 2.01. The van der Waals surface area contributed by atoms with E-state index in [9.17, 15) is 4.79 Å². The first kappa shape index (κ1) is 12.7. The van der Waals surface area contributed by atoms with E-state index < -0.39 is 0 Å².